The first-order valence-corrected chi connectivity index (χ1v) is 5.84. The van der Waals surface area contributed by atoms with Crippen molar-refractivity contribution in [1.29, 1.82) is 0 Å². The highest BCUT2D eigenvalue weighted by Gasteiger charge is 2.08. The van der Waals surface area contributed by atoms with Gasteiger partial charge in [-0.1, -0.05) is 24.3 Å². The molecule has 0 unspecified atom stereocenters. The van der Waals surface area contributed by atoms with E-state index in [2.05, 4.69) is 4.98 Å². The Balaban J connectivity index is 2.16. The maximum Gasteiger partial charge on any atom is 0.269 e. The Bertz CT molecular complexity index is 746. The van der Waals surface area contributed by atoms with Gasteiger partial charge in [0.15, 0.2) is 0 Å². The van der Waals surface area contributed by atoms with Crippen molar-refractivity contribution < 1.29 is 4.92 Å². The number of fused-ring (bicyclic) bond motifs is 1. The van der Waals surface area contributed by atoms with Crippen LogP contribution in [-0.4, -0.2) is 9.91 Å². The first-order chi connectivity index (χ1) is 9.25. The molecule has 1 aromatic heterocycles. The third-order valence-electron chi connectivity index (χ3n) is 3.03. The van der Waals surface area contributed by atoms with E-state index in [0.717, 1.165) is 22.0 Å². The summed E-state index contributed by atoms with van der Waals surface area (Å²) in [6, 6.07) is 16.4. The summed E-state index contributed by atoms with van der Waals surface area (Å²) in [5.74, 6) is 0. The summed E-state index contributed by atoms with van der Waals surface area (Å²) in [5.41, 5.74) is 1.80. The SMILES string of the molecule is O=[N+]([O-])c1ccc(-c2nccc3ccccc23)cc1. The van der Waals surface area contributed by atoms with Crippen LogP contribution in [0, 0.1) is 10.1 Å². The molecule has 0 spiro atoms. The maximum absolute atomic E-state index is 10.7. The first-order valence-electron chi connectivity index (χ1n) is 5.84. The number of pyridine rings is 1. The molecular weight excluding hydrogens is 240 g/mol. The van der Waals surface area contributed by atoms with Gasteiger partial charge in [0, 0.05) is 29.3 Å². The second-order valence-electron chi connectivity index (χ2n) is 4.18. The number of hydrogen-bond donors (Lipinski definition) is 0. The smallest absolute Gasteiger partial charge is 0.258 e. The van der Waals surface area contributed by atoms with Crippen molar-refractivity contribution in [3.63, 3.8) is 0 Å². The molecule has 3 rings (SSSR count). The highest BCUT2D eigenvalue weighted by atomic mass is 16.6. The number of nitrogens with zero attached hydrogens (tertiary/aromatic N) is 2. The van der Waals surface area contributed by atoms with Crippen LogP contribution in [0.25, 0.3) is 22.0 Å². The van der Waals surface area contributed by atoms with Crippen LogP contribution < -0.4 is 0 Å². The van der Waals surface area contributed by atoms with Crippen molar-refractivity contribution in [2.45, 2.75) is 0 Å². The zero-order valence-electron chi connectivity index (χ0n) is 9.98. The molecule has 0 aliphatic carbocycles. The van der Waals surface area contributed by atoms with E-state index in [1.165, 1.54) is 12.1 Å². The van der Waals surface area contributed by atoms with Gasteiger partial charge in [0.1, 0.15) is 0 Å². The summed E-state index contributed by atoms with van der Waals surface area (Å²) in [6.45, 7) is 0. The number of nitro groups is 1. The molecule has 92 valence electrons. The predicted octanol–water partition coefficient (Wildman–Crippen LogP) is 3.81. The monoisotopic (exact) mass is 250 g/mol. The second-order valence-corrected chi connectivity index (χ2v) is 4.18. The molecule has 0 N–H and O–H groups in total. The molecule has 0 bridgehead atoms. The Morgan fingerprint density at radius 3 is 2.42 bits per heavy atom. The number of non-ortho nitro benzene ring substituents is 1. The third kappa shape index (κ3) is 2.04. The van der Waals surface area contributed by atoms with Crippen molar-refractivity contribution in [1.82, 2.24) is 4.98 Å². The molecule has 0 atom stereocenters. The Labute approximate surface area is 109 Å². The van der Waals surface area contributed by atoms with E-state index < -0.39 is 4.92 Å². The van der Waals surface area contributed by atoms with Crippen LogP contribution >= 0.6 is 0 Å². The fourth-order valence-corrected chi connectivity index (χ4v) is 2.09. The lowest BCUT2D eigenvalue weighted by Gasteiger charge is -2.05. The molecule has 19 heavy (non-hydrogen) atoms. The lowest BCUT2D eigenvalue weighted by atomic mass is 10.0. The van der Waals surface area contributed by atoms with Gasteiger partial charge in [-0.3, -0.25) is 15.1 Å². The maximum atomic E-state index is 10.7. The molecule has 1 heterocycles. The molecule has 4 nitrogen and oxygen atoms in total. The average molecular weight is 250 g/mol. The fraction of sp³-hybridized carbons (Fsp3) is 0. The Morgan fingerprint density at radius 2 is 1.68 bits per heavy atom. The van der Waals surface area contributed by atoms with Crippen LogP contribution in [0.1, 0.15) is 0 Å². The Kier molecular flexibility index (Phi) is 2.68. The minimum Gasteiger partial charge on any atom is -0.258 e. The van der Waals surface area contributed by atoms with Gasteiger partial charge in [0.05, 0.1) is 10.6 Å². The molecule has 0 saturated carbocycles. The van der Waals surface area contributed by atoms with Gasteiger partial charge in [-0.2, -0.15) is 0 Å². The number of aromatic nitrogens is 1. The number of rotatable bonds is 2. The summed E-state index contributed by atoms with van der Waals surface area (Å²) in [6.07, 6.45) is 1.75. The van der Waals surface area contributed by atoms with E-state index in [-0.39, 0.29) is 5.69 Å². The van der Waals surface area contributed by atoms with E-state index in [1.54, 1.807) is 18.3 Å². The largest absolute Gasteiger partial charge is 0.269 e. The van der Waals surface area contributed by atoms with Gasteiger partial charge in [-0.25, -0.2) is 0 Å². The lowest BCUT2D eigenvalue weighted by molar-refractivity contribution is -0.384. The molecular formula is C15H10N2O2. The first kappa shape index (κ1) is 11.3. The van der Waals surface area contributed by atoms with Crippen LogP contribution in [0.2, 0.25) is 0 Å². The summed E-state index contributed by atoms with van der Waals surface area (Å²) < 4.78 is 0. The molecule has 0 saturated heterocycles. The van der Waals surface area contributed by atoms with Gasteiger partial charge in [-0.05, 0) is 23.6 Å². The van der Waals surface area contributed by atoms with Gasteiger partial charge in [-0.15, -0.1) is 0 Å². The number of nitro benzene ring substituents is 1. The average Bonchev–Trinajstić information content (AvgIpc) is 2.47. The van der Waals surface area contributed by atoms with Crippen molar-refractivity contribution in [3.05, 3.63) is 70.9 Å². The van der Waals surface area contributed by atoms with Gasteiger partial charge < -0.3 is 0 Å². The standard InChI is InChI=1S/C15H10N2O2/c18-17(19)13-7-5-12(6-8-13)15-14-4-2-1-3-11(14)9-10-16-15/h1-10H. The Hall–Kier alpha value is -2.75. The van der Waals surface area contributed by atoms with Crippen LogP contribution in [0.4, 0.5) is 5.69 Å². The minimum atomic E-state index is -0.402. The van der Waals surface area contributed by atoms with Gasteiger partial charge in [0.2, 0.25) is 0 Å². The normalized spacial score (nSPS) is 10.5. The number of hydrogen-bond acceptors (Lipinski definition) is 3. The summed E-state index contributed by atoms with van der Waals surface area (Å²) in [5, 5.41) is 12.8. The quantitative estimate of drug-likeness (QED) is 0.513. The zero-order valence-corrected chi connectivity index (χ0v) is 9.98. The molecule has 0 aliphatic rings. The lowest BCUT2D eigenvalue weighted by Crippen LogP contribution is -1.89. The minimum absolute atomic E-state index is 0.0870. The summed E-state index contributed by atoms with van der Waals surface area (Å²) in [4.78, 5) is 14.6. The highest BCUT2D eigenvalue weighted by molar-refractivity contribution is 5.94. The molecule has 0 aliphatic heterocycles. The van der Waals surface area contributed by atoms with Gasteiger partial charge in [0.25, 0.3) is 5.69 Å². The molecule has 3 aromatic rings. The van der Waals surface area contributed by atoms with E-state index in [0.29, 0.717) is 0 Å². The summed E-state index contributed by atoms with van der Waals surface area (Å²) in [7, 11) is 0. The van der Waals surface area contributed by atoms with E-state index >= 15 is 0 Å². The van der Waals surface area contributed by atoms with Crippen LogP contribution in [-0.2, 0) is 0 Å². The Morgan fingerprint density at radius 1 is 0.947 bits per heavy atom. The number of benzene rings is 2. The highest BCUT2D eigenvalue weighted by Crippen LogP contribution is 2.27. The van der Waals surface area contributed by atoms with Gasteiger partial charge >= 0.3 is 0 Å². The molecule has 2 aromatic carbocycles. The topological polar surface area (TPSA) is 56.0 Å². The van der Waals surface area contributed by atoms with Crippen molar-refractivity contribution >= 4 is 16.5 Å². The van der Waals surface area contributed by atoms with E-state index in [1.807, 2.05) is 30.3 Å². The molecule has 4 heteroatoms. The van der Waals surface area contributed by atoms with Crippen LogP contribution in [0.15, 0.2) is 60.8 Å². The molecule has 0 radical (unpaired) electrons. The predicted molar refractivity (Wildman–Crippen MR) is 73.8 cm³/mol. The van der Waals surface area contributed by atoms with Crippen LogP contribution in [0.3, 0.4) is 0 Å². The fourth-order valence-electron chi connectivity index (χ4n) is 2.09. The van der Waals surface area contributed by atoms with E-state index in [4.69, 9.17) is 0 Å². The summed E-state index contributed by atoms with van der Waals surface area (Å²) >= 11 is 0. The van der Waals surface area contributed by atoms with E-state index in [9.17, 15) is 10.1 Å². The third-order valence-corrected chi connectivity index (χ3v) is 3.03. The zero-order chi connectivity index (χ0) is 13.2. The van der Waals surface area contributed by atoms with Crippen molar-refractivity contribution in [2.24, 2.45) is 0 Å². The van der Waals surface area contributed by atoms with Crippen LogP contribution in [0.5, 0.6) is 0 Å². The molecule has 0 fully saturated rings. The van der Waals surface area contributed by atoms with Crippen molar-refractivity contribution in [2.75, 3.05) is 0 Å². The molecule has 0 amide bonds. The second kappa shape index (κ2) is 4.49. The van der Waals surface area contributed by atoms with Crippen molar-refractivity contribution in [3.8, 4) is 11.3 Å².